The average molecular weight is 522 g/mol. The van der Waals surface area contributed by atoms with Crippen molar-refractivity contribution in [3.8, 4) is 26.8 Å². The highest BCUT2D eigenvalue weighted by Crippen LogP contribution is 2.40. The van der Waals surface area contributed by atoms with Gasteiger partial charge in [0, 0.05) is 18.0 Å². The largest absolute Gasteiger partial charge is 0.481 e. The maximum Gasteiger partial charge on any atom is 0.420 e. The Morgan fingerprint density at radius 2 is 1.64 bits per heavy atom. The summed E-state index contributed by atoms with van der Waals surface area (Å²) in [5.74, 6) is -5.01. The Hall–Kier alpha value is -3.60. The van der Waals surface area contributed by atoms with E-state index in [1.807, 2.05) is 0 Å². The summed E-state index contributed by atoms with van der Waals surface area (Å²) in [6, 6.07) is 13.1. The van der Waals surface area contributed by atoms with Crippen LogP contribution in [0.15, 0.2) is 60.8 Å². The van der Waals surface area contributed by atoms with Crippen LogP contribution in [0.2, 0.25) is 0 Å². The molecule has 188 valence electrons. The van der Waals surface area contributed by atoms with Crippen LogP contribution in [0.5, 0.6) is 0 Å². The molecule has 0 saturated heterocycles. The van der Waals surface area contributed by atoms with Gasteiger partial charge in [0.1, 0.15) is 11.3 Å². The molecule has 0 fully saturated rings. The van der Waals surface area contributed by atoms with E-state index in [0.717, 1.165) is 40.4 Å². The molecule has 0 amide bonds. The highest BCUT2D eigenvalue weighted by molar-refractivity contribution is 7.18. The molecular weight excluding hydrogens is 501 g/mol. The van der Waals surface area contributed by atoms with Crippen LogP contribution in [0.4, 0.5) is 22.0 Å². The minimum absolute atomic E-state index is 0.0222. The molecule has 0 bridgehead atoms. The van der Waals surface area contributed by atoms with Gasteiger partial charge in [-0.15, -0.1) is 11.3 Å². The fourth-order valence-electron chi connectivity index (χ4n) is 3.53. The number of nitrogens with zero attached hydrogens (tertiary/aromatic N) is 3. The Labute approximate surface area is 206 Å². The van der Waals surface area contributed by atoms with Crippen molar-refractivity contribution >= 4 is 17.3 Å². The van der Waals surface area contributed by atoms with Gasteiger partial charge in [0.15, 0.2) is 5.82 Å². The van der Waals surface area contributed by atoms with E-state index in [1.54, 1.807) is 50.2 Å². The summed E-state index contributed by atoms with van der Waals surface area (Å²) in [6.45, 7) is 3.76. The Morgan fingerprint density at radius 1 is 0.944 bits per heavy atom. The van der Waals surface area contributed by atoms with Crippen molar-refractivity contribution in [1.29, 1.82) is 0 Å². The highest BCUT2D eigenvalue weighted by atomic mass is 32.1. The molecule has 0 atom stereocenters. The molecule has 3 aromatic heterocycles. The van der Waals surface area contributed by atoms with E-state index >= 15 is 0 Å². The first-order chi connectivity index (χ1) is 16.7. The molecule has 0 saturated carbocycles. The maximum absolute atomic E-state index is 14.1. The predicted octanol–water partition coefficient (Wildman–Crippen LogP) is 7.16. The summed E-state index contributed by atoms with van der Waals surface area (Å²) in [4.78, 5) is 16.5. The molecule has 0 unspecified atom stereocenters. The third-order valence-corrected chi connectivity index (χ3v) is 6.87. The van der Waals surface area contributed by atoms with Crippen LogP contribution in [-0.2, 0) is 22.3 Å². The van der Waals surface area contributed by atoms with Gasteiger partial charge in [-0.2, -0.15) is 27.1 Å². The zero-order valence-electron chi connectivity index (χ0n) is 19.3. The zero-order chi connectivity index (χ0) is 26.5. The van der Waals surface area contributed by atoms with Crippen LogP contribution in [0.25, 0.3) is 26.8 Å². The Kier molecular flexibility index (Phi) is 6.24. The number of carbonyl (C=O) groups is 1. The van der Waals surface area contributed by atoms with Crippen molar-refractivity contribution < 1.29 is 31.9 Å². The van der Waals surface area contributed by atoms with Gasteiger partial charge in [-0.25, -0.2) is 9.67 Å². The first-order valence-electron chi connectivity index (χ1n) is 10.6. The minimum atomic E-state index is -4.78. The van der Waals surface area contributed by atoms with E-state index in [0.29, 0.717) is 27.8 Å². The lowest BCUT2D eigenvalue weighted by Crippen LogP contribution is -2.28. The maximum atomic E-state index is 14.1. The van der Waals surface area contributed by atoms with Crippen molar-refractivity contribution in [2.75, 3.05) is 0 Å². The van der Waals surface area contributed by atoms with Gasteiger partial charge in [0.05, 0.1) is 16.0 Å². The Morgan fingerprint density at radius 3 is 2.28 bits per heavy atom. The Bertz CT molecular complexity index is 1430. The number of rotatable bonds is 6. The van der Waals surface area contributed by atoms with E-state index in [2.05, 4.69) is 10.1 Å². The molecule has 5 nitrogen and oxygen atoms in total. The summed E-state index contributed by atoms with van der Waals surface area (Å²) in [5.41, 5.74) is -1.70. The lowest BCUT2D eigenvalue weighted by molar-refractivity contribution is -0.142. The fraction of sp³-hybridized carbons (Fsp3) is 0.240. The standard InChI is InChI=1S/C25H20F5N3O2S/c1-23(2,22(34)35)15-7-4-6-14(12-15)18-9-10-19(36-18)17-13-20(24(3,26)27)32-33(17)21-16(25(28,29)30)8-5-11-31-21/h4-13H,1-3H3,(H,34,35). The number of alkyl halides is 5. The van der Waals surface area contributed by atoms with Crippen LogP contribution in [0.3, 0.4) is 0 Å². The number of carboxylic acids is 1. The van der Waals surface area contributed by atoms with Gasteiger partial charge in [-0.3, -0.25) is 4.79 Å². The van der Waals surface area contributed by atoms with Crippen LogP contribution < -0.4 is 0 Å². The normalized spacial score (nSPS) is 12.7. The number of pyridine rings is 1. The summed E-state index contributed by atoms with van der Waals surface area (Å²) < 4.78 is 70.0. The summed E-state index contributed by atoms with van der Waals surface area (Å²) in [6.07, 6.45) is -3.64. The van der Waals surface area contributed by atoms with Crippen molar-refractivity contribution in [2.45, 2.75) is 38.3 Å². The second kappa shape index (κ2) is 8.81. The van der Waals surface area contributed by atoms with Gasteiger partial charge in [0.25, 0.3) is 5.92 Å². The fourth-order valence-corrected chi connectivity index (χ4v) is 4.54. The topological polar surface area (TPSA) is 68.0 Å². The van der Waals surface area contributed by atoms with E-state index in [-0.39, 0.29) is 5.69 Å². The van der Waals surface area contributed by atoms with Crippen molar-refractivity contribution in [3.63, 3.8) is 0 Å². The molecule has 0 aliphatic carbocycles. The smallest absolute Gasteiger partial charge is 0.420 e. The first kappa shape index (κ1) is 25.5. The van der Waals surface area contributed by atoms with Gasteiger partial charge >= 0.3 is 12.1 Å². The third-order valence-electron chi connectivity index (χ3n) is 5.71. The quantitative estimate of drug-likeness (QED) is 0.274. The molecule has 1 aromatic carbocycles. The molecule has 11 heteroatoms. The first-order valence-corrected chi connectivity index (χ1v) is 11.5. The molecule has 1 N–H and O–H groups in total. The van der Waals surface area contributed by atoms with Gasteiger partial charge in [-0.05, 0) is 61.4 Å². The molecule has 0 aliphatic heterocycles. The van der Waals surface area contributed by atoms with E-state index in [4.69, 9.17) is 0 Å². The number of benzene rings is 1. The molecule has 0 spiro atoms. The van der Waals surface area contributed by atoms with Crippen LogP contribution in [0.1, 0.15) is 37.6 Å². The number of carboxylic acid groups (broad SMARTS) is 1. The van der Waals surface area contributed by atoms with Crippen molar-refractivity contribution in [3.05, 3.63) is 77.6 Å². The SMILES string of the molecule is CC(F)(F)c1cc(-c2ccc(-c3cccc(C(C)(C)C(=O)O)c3)s2)n(-c2ncccc2C(F)(F)F)n1. The minimum Gasteiger partial charge on any atom is -0.481 e. The number of hydrogen-bond donors (Lipinski definition) is 1. The Balaban J connectivity index is 1.85. The third kappa shape index (κ3) is 4.75. The highest BCUT2D eigenvalue weighted by Gasteiger charge is 2.37. The molecular formula is C25H20F5N3O2S. The van der Waals surface area contributed by atoms with E-state index in [1.165, 1.54) is 0 Å². The monoisotopic (exact) mass is 521 g/mol. The second-order valence-electron chi connectivity index (χ2n) is 8.76. The molecule has 4 rings (SSSR count). The second-order valence-corrected chi connectivity index (χ2v) is 9.85. The average Bonchev–Trinajstić information content (AvgIpc) is 3.46. The van der Waals surface area contributed by atoms with Gasteiger partial charge in [0.2, 0.25) is 0 Å². The predicted molar refractivity (Wildman–Crippen MR) is 125 cm³/mol. The molecule has 0 aliphatic rings. The van der Waals surface area contributed by atoms with Crippen LogP contribution >= 0.6 is 11.3 Å². The number of halogens is 5. The summed E-state index contributed by atoms with van der Waals surface area (Å²) >= 11 is 1.15. The number of aromatic nitrogens is 3. The van der Waals surface area contributed by atoms with Gasteiger partial charge < -0.3 is 5.11 Å². The van der Waals surface area contributed by atoms with Crippen molar-refractivity contribution in [1.82, 2.24) is 14.8 Å². The number of hydrogen-bond acceptors (Lipinski definition) is 4. The van der Waals surface area contributed by atoms with Crippen LogP contribution in [0, 0.1) is 0 Å². The molecule has 3 heterocycles. The summed E-state index contributed by atoms with van der Waals surface area (Å²) in [7, 11) is 0. The van der Waals surface area contributed by atoms with E-state index < -0.39 is 40.6 Å². The lowest BCUT2D eigenvalue weighted by atomic mass is 9.84. The summed E-state index contributed by atoms with van der Waals surface area (Å²) in [5, 5.41) is 13.3. The zero-order valence-corrected chi connectivity index (χ0v) is 20.1. The van der Waals surface area contributed by atoms with E-state index in [9.17, 15) is 31.9 Å². The lowest BCUT2D eigenvalue weighted by Gasteiger charge is -2.20. The molecule has 0 radical (unpaired) electrons. The van der Waals surface area contributed by atoms with Crippen molar-refractivity contribution in [2.24, 2.45) is 0 Å². The molecule has 4 aromatic rings. The van der Waals surface area contributed by atoms with Gasteiger partial charge in [-0.1, -0.05) is 18.2 Å². The molecule has 36 heavy (non-hydrogen) atoms. The number of aliphatic carboxylic acids is 1. The van der Waals surface area contributed by atoms with Crippen LogP contribution in [-0.4, -0.2) is 25.8 Å². The number of thiophene rings is 1.